The van der Waals surface area contributed by atoms with E-state index < -0.39 is 0 Å². The predicted octanol–water partition coefficient (Wildman–Crippen LogP) is 4.52. The molecule has 2 aromatic carbocycles. The smallest absolute Gasteiger partial charge is 0.274 e. The van der Waals surface area contributed by atoms with Gasteiger partial charge in [-0.2, -0.15) is 0 Å². The number of nitrogens with one attached hydrogen (secondary N) is 1. The van der Waals surface area contributed by atoms with Gasteiger partial charge in [0.05, 0.1) is 24.2 Å². The molecule has 2 N–H and O–H groups in total. The summed E-state index contributed by atoms with van der Waals surface area (Å²) in [5, 5.41) is 13.8. The summed E-state index contributed by atoms with van der Waals surface area (Å²) >= 11 is 0. The van der Waals surface area contributed by atoms with Crippen LogP contribution in [0.15, 0.2) is 71.8 Å². The number of pyridine rings is 2. The summed E-state index contributed by atoms with van der Waals surface area (Å²) in [6, 6.07) is 17.7. The highest BCUT2D eigenvalue weighted by Gasteiger charge is 2.30. The highest BCUT2D eigenvalue weighted by Crippen LogP contribution is 2.41. The Balaban J connectivity index is 1.17. The number of anilines is 4. The molecule has 2 aromatic heterocycles. The van der Waals surface area contributed by atoms with E-state index in [2.05, 4.69) is 39.3 Å². The molecule has 1 saturated heterocycles. The topological polar surface area (TPSA) is 93.9 Å². The Bertz CT molecular complexity index is 1770. The molecule has 0 unspecified atom stereocenters. The lowest BCUT2D eigenvalue weighted by Gasteiger charge is -2.33. The highest BCUT2D eigenvalue weighted by molar-refractivity contribution is 6.09. The maximum Gasteiger partial charge on any atom is 0.274 e. The number of aromatic nitrogens is 2. The number of piperazine rings is 1. The number of rotatable bonds is 7. The standard InChI is InChI=1S/C35H38N6O3/c1-38-14-16-40(17-15-38)27-9-11-33(36-20-27)37-31-19-26(21-39(2)35(31)44)28-4-3-5-32(30(28)22-42)41-13-12-25-18-24(23-6-7-23)8-10-29(25)34(41)43/h3-5,8-11,18-21,23,42H,6-7,12-17,22H2,1-2H3,(H,36,37). The van der Waals surface area contributed by atoms with Gasteiger partial charge in [0, 0.05) is 62.7 Å². The van der Waals surface area contributed by atoms with Gasteiger partial charge in [-0.3, -0.25) is 9.59 Å². The van der Waals surface area contributed by atoms with Crippen LogP contribution in [0.1, 0.15) is 45.8 Å². The van der Waals surface area contributed by atoms with Gasteiger partial charge in [-0.05, 0) is 79.3 Å². The van der Waals surface area contributed by atoms with E-state index in [1.807, 2.05) is 42.6 Å². The number of hydrogen-bond acceptors (Lipinski definition) is 7. The van der Waals surface area contributed by atoms with Crippen LogP contribution in [0, 0.1) is 0 Å². The minimum absolute atomic E-state index is 0.0469. The van der Waals surface area contributed by atoms with Crippen LogP contribution in [0.2, 0.25) is 0 Å². The molecular formula is C35H38N6O3. The van der Waals surface area contributed by atoms with E-state index in [-0.39, 0.29) is 18.1 Å². The summed E-state index contributed by atoms with van der Waals surface area (Å²) in [4.78, 5) is 37.9. The summed E-state index contributed by atoms with van der Waals surface area (Å²) in [6.45, 7) is 4.24. The van der Waals surface area contributed by atoms with Crippen molar-refractivity contribution in [2.75, 3.05) is 54.9 Å². The van der Waals surface area contributed by atoms with Crippen LogP contribution in [0.25, 0.3) is 11.1 Å². The molecule has 0 radical (unpaired) electrons. The Morgan fingerprint density at radius 1 is 0.932 bits per heavy atom. The van der Waals surface area contributed by atoms with Crippen molar-refractivity contribution >= 4 is 28.8 Å². The number of benzene rings is 2. The highest BCUT2D eigenvalue weighted by atomic mass is 16.3. The first-order valence-corrected chi connectivity index (χ1v) is 15.4. The zero-order valence-corrected chi connectivity index (χ0v) is 25.3. The van der Waals surface area contributed by atoms with Gasteiger partial charge in [0.2, 0.25) is 0 Å². The second-order valence-corrected chi connectivity index (χ2v) is 12.2. The molecule has 9 nitrogen and oxygen atoms in total. The molecule has 3 aliphatic rings. The Kier molecular flexibility index (Phi) is 7.43. The molecule has 4 aromatic rings. The van der Waals surface area contributed by atoms with Crippen molar-refractivity contribution in [3.63, 3.8) is 0 Å². The number of aliphatic hydroxyl groups excluding tert-OH is 1. The van der Waals surface area contributed by atoms with Crippen molar-refractivity contribution in [2.24, 2.45) is 7.05 Å². The summed E-state index contributed by atoms with van der Waals surface area (Å²) in [7, 11) is 3.84. The Morgan fingerprint density at radius 2 is 1.75 bits per heavy atom. The van der Waals surface area contributed by atoms with Crippen LogP contribution in [0.3, 0.4) is 0 Å². The van der Waals surface area contributed by atoms with E-state index in [4.69, 9.17) is 0 Å². The Labute approximate surface area is 257 Å². The van der Waals surface area contributed by atoms with E-state index in [9.17, 15) is 14.7 Å². The van der Waals surface area contributed by atoms with E-state index >= 15 is 0 Å². The van der Waals surface area contributed by atoms with Crippen LogP contribution in [-0.2, 0) is 20.1 Å². The molecule has 44 heavy (non-hydrogen) atoms. The Hall–Kier alpha value is -4.47. The predicted molar refractivity (Wildman–Crippen MR) is 174 cm³/mol. The third-order valence-corrected chi connectivity index (χ3v) is 9.23. The number of amides is 1. The fourth-order valence-electron chi connectivity index (χ4n) is 6.47. The van der Waals surface area contributed by atoms with Crippen LogP contribution < -0.4 is 20.7 Å². The molecule has 0 bridgehead atoms. The fraction of sp³-hybridized carbons (Fsp3) is 0.343. The van der Waals surface area contributed by atoms with Crippen LogP contribution in [0.5, 0.6) is 0 Å². The number of aliphatic hydroxyl groups is 1. The van der Waals surface area contributed by atoms with Crippen LogP contribution >= 0.6 is 0 Å². The molecule has 9 heteroatoms. The molecule has 4 heterocycles. The van der Waals surface area contributed by atoms with Gasteiger partial charge in [0.15, 0.2) is 0 Å². The average Bonchev–Trinajstić information content (AvgIpc) is 3.90. The lowest BCUT2D eigenvalue weighted by atomic mass is 9.93. The molecule has 1 aliphatic carbocycles. The van der Waals surface area contributed by atoms with Gasteiger partial charge < -0.3 is 29.7 Å². The maximum absolute atomic E-state index is 13.7. The van der Waals surface area contributed by atoms with Crippen LogP contribution in [0.4, 0.5) is 22.9 Å². The molecule has 0 spiro atoms. The summed E-state index contributed by atoms with van der Waals surface area (Å²) in [6.07, 6.45) is 6.84. The minimum Gasteiger partial charge on any atom is -0.392 e. The molecule has 2 fully saturated rings. The first-order valence-electron chi connectivity index (χ1n) is 15.4. The molecular weight excluding hydrogens is 552 g/mol. The lowest BCUT2D eigenvalue weighted by Crippen LogP contribution is -2.44. The van der Waals surface area contributed by atoms with Gasteiger partial charge in [-0.25, -0.2) is 4.98 Å². The van der Waals surface area contributed by atoms with E-state index in [0.717, 1.165) is 60.5 Å². The second-order valence-electron chi connectivity index (χ2n) is 12.2. The molecule has 1 saturated carbocycles. The maximum atomic E-state index is 13.7. The SMILES string of the molecule is CN1CCN(c2ccc(Nc3cc(-c4cccc(N5CCc6cc(C7CC7)ccc6C5=O)c4CO)cn(C)c3=O)nc2)CC1. The molecule has 7 rings (SSSR count). The molecule has 1 amide bonds. The summed E-state index contributed by atoms with van der Waals surface area (Å²) in [5.41, 5.74) is 7.30. The van der Waals surface area contributed by atoms with Crippen molar-refractivity contribution in [1.82, 2.24) is 14.5 Å². The third kappa shape index (κ3) is 5.37. The van der Waals surface area contributed by atoms with Gasteiger partial charge in [0.1, 0.15) is 11.5 Å². The molecule has 226 valence electrons. The normalized spacial score (nSPS) is 17.1. The Morgan fingerprint density at radius 3 is 2.48 bits per heavy atom. The van der Waals surface area contributed by atoms with Crippen molar-refractivity contribution in [3.8, 4) is 11.1 Å². The zero-order valence-electron chi connectivity index (χ0n) is 25.3. The van der Waals surface area contributed by atoms with Crippen LogP contribution in [-0.4, -0.2) is 65.2 Å². The summed E-state index contributed by atoms with van der Waals surface area (Å²) < 4.78 is 1.53. The number of fused-ring (bicyclic) bond motifs is 1. The number of aryl methyl sites for hydroxylation is 1. The number of nitrogens with zero attached hydrogens (tertiary/aromatic N) is 5. The molecule has 0 atom stereocenters. The zero-order chi connectivity index (χ0) is 30.4. The molecule has 2 aliphatic heterocycles. The van der Waals surface area contributed by atoms with Gasteiger partial charge in [-0.15, -0.1) is 0 Å². The first-order chi connectivity index (χ1) is 21.4. The van der Waals surface area contributed by atoms with E-state index in [0.29, 0.717) is 35.2 Å². The lowest BCUT2D eigenvalue weighted by molar-refractivity contribution is 0.0980. The van der Waals surface area contributed by atoms with Crippen molar-refractivity contribution in [3.05, 3.63) is 99.6 Å². The van der Waals surface area contributed by atoms with Gasteiger partial charge in [-0.1, -0.05) is 24.3 Å². The number of hydrogen-bond donors (Lipinski definition) is 2. The fourth-order valence-corrected chi connectivity index (χ4v) is 6.47. The van der Waals surface area contributed by atoms with Crippen molar-refractivity contribution in [1.29, 1.82) is 0 Å². The minimum atomic E-state index is -0.246. The second kappa shape index (κ2) is 11.6. The monoisotopic (exact) mass is 590 g/mol. The largest absolute Gasteiger partial charge is 0.392 e. The van der Waals surface area contributed by atoms with Gasteiger partial charge in [0.25, 0.3) is 11.5 Å². The van der Waals surface area contributed by atoms with E-state index in [1.165, 1.54) is 23.0 Å². The number of carbonyl (C=O) groups is 1. The quantitative estimate of drug-likeness (QED) is 0.327. The van der Waals surface area contributed by atoms with Gasteiger partial charge >= 0.3 is 0 Å². The average molecular weight is 591 g/mol. The number of carbonyl (C=O) groups excluding carboxylic acids is 1. The third-order valence-electron chi connectivity index (χ3n) is 9.23. The van der Waals surface area contributed by atoms with Crippen molar-refractivity contribution in [2.45, 2.75) is 31.8 Å². The van der Waals surface area contributed by atoms with Crippen molar-refractivity contribution < 1.29 is 9.90 Å². The van der Waals surface area contributed by atoms with E-state index in [1.54, 1.807) is 24.2 Å². The first kappa shape index (κ1) is 28.3. The summed E-state index contributed by atoms with van der Waals surface area (Å²) in [5.74, 6) is 1.18. The number of likely N-dealkylation sites (N-methyl/N-ethyl adjacent to an activating group) is 1.